The zero-order valence-corrected chi connectivity index (χ0v) is 10.6. The topological polar surface area (TPSA) is 30.7 Å². The highest BCUT2D eigenvalue weighted by molar-refractivity contribution is 5.55. The van der Waals surface area contributed by atoms with Gasteiger partial charge in [0.1, 0.15) is 6.33 Å². The van der Waals surface area contributed by atoms with Crippen molar-refractivity contribution in [2.75, 3.05) is 0 Å². The first kappa shape index (κ1) is 13.6. The Balaban J connectivity index is 2.30. The fourth-order valence-corrected chi connectivity index (χ4v) is 1.81. The van der Waals surface area contributed by atoms with Crippen LogP contribution in [-0.2, 0) is 12.7 Å². The van der Waals surface area contributed by atoms with Crippen molar-refractivity contribution in [3.8, 4) is 11.4 Å². The summed E-state index contributed by atoms with van der Waals surface area (Å²) >= 11 is 0. The van der Waals surface area contributed by atoms with E-state index in [2.05, 4.69) is 24.0 Å². The molecule has 0 radical (unpaired) electrons. The van der Waals surface area contributed by atoms with Gasteiger partial charge in [-0.15, -0.1) is 10.2 Å². The van der Waals surface area contributed by atoms with Crippen LogP contribution in [0.5, 0.6) is 0 Å². The maximum atomic E-state index is 12.5. The van der Waals surface area contributed by atoms with Gasteiger partial charge in [-0.05, 0) is 18.1 Å². The van der Waals surface area contributed by atoms with Crippen molar-refractivity contribution in [3.05, 3.63) is 36.2 Å². The number of hydrogen-bond donors (Lipinski definition) is 0. The highest BCUT2D eigenvalue weighted by atomic mass is 19.4. The normalized spacial score (nSPS) is 12.1. The summed E-state index contributed by atoms with van der Waals surface area (Å²) in [6.45, 7) is 4.83. The number of aromatic nitrogens is 3. The number of nitrogens with zero attached hydrogens (tertiary/aromatic N) is 3. The maximum Gasteiger partial charge on any atom is 0.416 e. The van der Waals surface area contributed by atoms with E-state index in [0.717, 1.165) is 18.7 Å². The summed E-state index contributed by atoms with van der Waals surface area (Å²) in [7, 11) is 0. The molecule has 0 atom stereocenters. The lowest BCUT2D eigenvalue weighted by atomic mass is 10.1. The molecular weight excluding hydrogens is 255 g/mol. The van der Waals surface area contributed by atoms with Crippen LogP contribution in [0.25, 0.3) is 11.4 Å². The molecule has 6 heteroatoms. The van der Waals surface area contributed by atoms with E-state index in [1.54, 1.807) is 6.33 Å². The number of halogens is 3. The van der Waals surface area contributed by atoms with Crippen LogP contribution < -0.4 is 0 Å². The molecular formula is C13H14F3N3. The molecule has 2 rings (SSSR count). The summed E-state index contributed by atoms with van der Waals surface area (Å²) in [5.41, 5.74) is -0.0303. The minimum Gasteiger partial charge on any atom is -0.313 e. The van der Waals surface area contributed by atoms with Gasteiger partial charge in [-0.25, -0.2) is 0 Å². The average molecular weight is 269 g/mol. The molecule has 2 aromatic rings. The molecule has 1 aromatic carbocycles. The van der Waals surface area contributed by atoms with Crippen LogP contribution in [-0.4, -0.2) is 14.8 Å². The first-order valence-electron chi connectivity index (χ1n) is 5.93. The van der Waals surface area contributed by atoms with E-state index >= 15 is 0 Å². The van der Waals surface area contributed by atoms with Crippen molar-refractivity contribution < 1.29 is 13.2 Å². The van der Waals surface area contributed by atoms with Crippen molar-refractivity contribution in [2.24, 2.45) is 5.92 Å². The fourth-order valence-electron chi connectivity index (χ4n) is 1.81. The maximum absolute atomic E-state index is 12.5. The van der Waals surface area contributed by atoms with E-state index < -0.39 is 11.7 Å². The van der Waals surface area contributed by atoms with Crippen molar-refractivity contribution in [1.29, 1.82) is 0 Å². The Bertz CT molecular complexity index is 541. The summed E-state index contributed by atoms with van der Waals surface area (Å²) in [5, 5.41) is 7.78. The first-order chi connectivity index (χ1) is 8.88. The number of benzene rings is 1. The minimum absolute atomic E-state index is 0.407. The van der Waals surface area contributed by atoms with E-state index in [4.69, 9.17) is 0 Å². The van der Waals surface area contributed by atoms with E-state index in [9.17, 15) is 13.2 Å². The molecule has 0 spiro atoms. The van der Waals surface area contributed by atoms with E-state index in [1.165, 1.54) is 12.1 Å². The third-order valence-electron chi connectivity index (χ3n) is 2.65. The average Bonchev–Trinajstić information content (AvgIpc) is 2.75. The molecule has 0 N–H and O–H groups in total. The molecule has 0 saturated carbocycles. The largest absolute Gasteiger partial charge is 0.416 e. The Morgan fingerprint density at radius 1 is 1.16 bits per heavy atom. The smallest absolute Gasteiger partial charge is 0.313 e. The zero-order chi connectivity index (χ0) is 14.0. The van der Waals surface area contributed by atoms with Gasteiger partial charge in [0.15, 0.2) is 5.82 Å². The van der Waals surface area contributed by atoms with E-state index in [-0.39, 0.29) is 0 Å². The Kier molecular flexibility index (Phi) is 3.59. The summed E-state index contributed by atoms with van der Waals surface area (Å²) in [6, 6.07) is 4.96. The zero-order valence-electron chi connectivity index (χ0n) is 10.6. The van der Waals surface area contributed by atoms with Crippen LogP contribution in [0.1, 0.15) is 19.4 Å². The molecule has 3 nitrogen and oxygen atoms in total. The highest BCUT2D eigenvalue weighted by Crippen LogP contribution is 2.30. The Hall–Kier alpha value is -1.85. The van der Waals surface area contributed by atoms with Gasteiger partial charge in [0.2, 0.25) is 0 Å². The monoisotopic (exact) mass is 269 g/mol. The highest BCUT2D eigenvalue weighted by Gasteiger charge is 2.30. The summed E-state index contributed by atoms with van der Waals surface area (Å²) in [6.07, 6.45) is -2.73. The third-order valence-corrected chi connectivity index (χ3v) is 2.65. The quantitative estimate of drug-likeness (QED) is 0.852. The predicted octanol–water partition coefficient (Wildman–Crippen LogP) is 3.62. The predicted molar refractivity (Wildman–Crippen MR) is 65.3 cm³/mol. The third kappa shape index (κ3) is 3.13. The Morgan fingerprint density at radius 3 is 2.32 bits per heavy atom. The van der Waals surface area contributed by atoms with Crippen LogP contribution in [0.2, 0.25) is 0 Å². The standard InChI is InChI=1S/C13H14F3N3/c1-9(2)7-19-8-17-18-12(19)10-3-5-11(6-4-10)13(14,15)16/h3-6,8-9H,7H2,1-2H3. The lowest BCUT2D eigenvalue weighted by Gasteiger charge is -2.10. The molecule has 0 aliphatic rings. The Labute approximate surface area is 109 Å². The van der Waals surface area contributed by atoms with Crippen LogP contribution in [0, 0.1) is 5.92 Å². The number of hydrogen-bond acceptors (Lipinski definition) is 2. The van der Waals surface area contributed by atoms with Crippen molar-refractivity contribution >= 4 is 0 Å². The summed E-state index contributed by atoms with van der Waals surface area (Å²) in [4.78, 5) is 0. The van der Waals surface area contributed by atoms with Crippen LogP contribution in [0.4, 0.5) is 13.2 Å². The molecule has 1 heterocycles. The van der Waals surface area contributed by atoms with Gasteiger partial charge < -0.3 is 4.57 Å². The van der Waals surface area contributed by atoms with Gasteiger partial charge in [-0.2, -0.15) is 13.2 Å². The van der Waals surface area contributed by atoms with Crippen molar-refractivity contribution in [3.63, 3.8) is 0 Å². The molecule has 0 saturated heterocycles. The minimum atomic E-state index is -4.32. The number of alkyl halides is 3. The Morgan fingerprint density at radius 2 is 1.79 bits per heavy atom. The van der Waals surface area contributed by atoms with E-state index in [1.807, 2.05) is 4.57 Å². The molecule has 0 unspecified atom stereocenters. The summed E-state index contributed by atoms with van der Waals surface area (Å²) in [5.74, 6) is 0.992. The van der Waals surface area contributed by atoms with Crippen LogP contribution in [0.3, 0.4) is 0 Å². The van der Waals surface area contributed by atoms with Gasteiger partial charge in [0.05, 0.1) is 5.56 Å². The summed E-state index contributed by atoms with van der Waals surface area (Å²) < 4.78 is 39.3. The lowest BCUT2D eigenvalue weighted by molar-refractivity contribution is -0.137. The second kappa shape index (κ2) is 5.03. The molecule has 0 aliphatic heterocycles. The second-order valence-electron chi connectivity index (χ2n) is 4.78. The van der Waals surface area contributed by atoms with Crippen LogP contribution in [0.15, 0.2) is 30.6 Å². The SMILES string of the molecule is CC(C)Cn1cnnc1-c1ccc(C(F)(F)F)cc1. The molecule has 1 aromatic heterocycles. The van der Waals surface area contributed by atoms with Crippen LogP contribution >= 0.6 is 0 Å². The van der Waals surface area contributed by atoms with Gasteiger partial charge in [-0.1, -0.05) is 26.0 Å². The number of rotatable bonds is 3. The molecule has 19 heavy (non-hydrogen) atoms. The molecule has 0 bridgehead atoms. The second-order valence-corrected chi connectivity index (χ2v) is 4.78. The van der Waals surface area contributed by atoms with Gasteiger partial charge in [0.25, 0.3) is 0 Å². The molecule has 102 valence electrons. The lowest BCUT2D eigenvalue weighted by Crippen LogP contribution is -2.06. The molecule has 0 amide bonds. The van der Waals surface area contributed by atoms with E-state index in [0.29, 0.717) is 17.3 Å². The molecule has 0 aliphatic carbocycles. The van der Waals surface area contributed by atoms with Gasteiger partial charge in [0, 0.05) is 12.1 Å². The van der Waals surface area contributed by atoms with Crippen molar-refractivity contribution in [2.45, 2.75) is 26.6 Å². The first-order valence-corrected chi connectivity index (χ1v) is 5.93. The van der Waals surface area contributed by atoms with Gasteiger partial charge >= 0.3 is 6.18 Å². The fraction of sp³-hybridized carbons (Fsp3) is 0.385. The van der Waals surface area contributed by atoms with Gasteiger partial charge in [-0.3, -0.25) is 0 Å². The molecule has 0 fully saturated rings. The van der Waals surface area contributed by atoms with Crippen molar-refractivity contribution in [1.82, 2.24) is 14.8 Å².